The number of nitrogen functional groups attached to an aromatic ring is 1. The second-order valence-electron chi connectivity index (χ2n) is 3.32. The van der Waals surface area contributed by atoms with Gasteiger partial charge in [0.25, 0.3) is 0 Å². The fourth-order valence-electron chi connectivity index (χ4n) is 1.38. The van der Waals surface area contributed by atoms with Crippen LogP contribution in [-0.2, 0) is 10.0 Å². The number of para-hydroxylation sites is 1. The van der Waals surface area contributed by atoms with Crippen molar-refractivity contribution in [1.29, 1.82) is 0 Å². The minimum Gasteiger partial charge on any atom is -0.381 e. The normalized spacial score (nSPS) is 11.6. The molecular formula is C9H9BrN4O2S. The number of aromatic nitrogens is 2. The summed E-state index contributed by atoms with van der Waals surface area (Å²) in [6.07, 6.45) is 1.57. The van der Waals surface area contributed by atoms with Gasteiger partial charge in [-0.15, -0.1) is 5.10 Å². The van der Waals surface area contributed by atoms with Crippen LogP contribution in [0.25, 0.3) is 5.69 Å². The lowest BCUT2D eigenvalue weighted by molar-refractivity contribution is 0.596. The highest BCUT2D eigenvalue weighted by atomic mass is 79.9. The quantitative estimate of drug-likeness (QED) is 0.857. The Bertz CT molecular complexity index is 646. The summed E-state index contributed by atoms with van der Waals surface area (Å²) in [6.45, 7) is 0. The second-order valence-corrected chi connectivity index (χ2v) is 5.70. The monoisotopic (exact) mass is 316 g/mol. The third-order valence-electron chi connectivity index (χ3n) is 2.11. The van der Waals surface area contributed by atoms with Crippen molar-refractivity contribution in [1.82, 2.24) is 9.78 Å². The number of sulfonamides is 1. The molecule has 0 spiro atoms. The molecule has 1 heterocycles. The zero-order chi connectivity index (χ0) is 12.6. The van der Waals surface area contributed by atoms with Crippen LogP contribution in [0.3, 0.4) is 0 Å². The Morgan fingerprint density at radius 2 is 1.94 bits per heavy atom. The summed E-state index contributed by atoms with van der Waals surface area (Å²) in [4.78, 5) is -0.00463. The number of halogens is 1. The van der Waals surface area contributed by atoms with Gasteiger partial charge in [-0.05, 0) is 28.1 Å². The Balaban J connectivity index is 2.68. The van der Waals surface area contributed by atoms with E-state index in [1.165, 1.54) is 10.7 Å². The van der Waals surface area contributed by atoms with Gasteiger partial charge >= 0.3 is 0 Å². The van der Waals surface area contributed by atoms with E-state index in [0.29, 0.717) is 10.2 Å². The van der Waals surface area contributed by atoms with E-state index in [4.69, 9.17) is 10.9 Å². The maximum Gasteiger partial charge on any atom is 0.240 e. The molecule has 0 unspecified atom stereocenters. The number of anilines is 1. The van der Waals surface area contributed by atoms with Gasteiger partial charge in [-0.1, -0.05) is 12.1 Å². The summed E-state index contributed by atoms with van der Waals surface area (Å²) in [7, 11) is -3.80. The van der Waals surface area contributed by atoms with E-state index in [1.807, 2.05) is 0 Å². The molecule has 1 aromatic carbocycles. The third kappa shape index (κ3) is 2.33. The molecule has 0 aliphatic heterocycles. The van der Waals surface area contributed by atoms with Crippen molar-refractivity contribution >= 4 is 31.8 Å². The molecule has 0 bridgehead atoms. The lowest BCUT2D eigenvalue weighted by Crippen LogP contribution is -2.15. The van der Waals surface area contributed by atoms with Gasteiger partial charge in [0.05, 0.1) is 10.2 Å². The van der Waals surface area contributed by atoms with Crippen LogP contribution in [0.1, 0.15) is 0 Å². The summed E-state index contributed by atoms with van der Waals surface area (Å²) in [5.74, 6) is 0.272. The first-order valence-corrected chi connectivity index (χ1v) is 6.86. The van der Waals surface area contributed by atoms with Gasteiger partial charge in [-0.3, -0.25) is 0 Å². The van der Waals surface area contributed by atoms with Crippen LogP contribution >= 0.6 is 15.9 Å². The van der Waals surface area contributed by atoms with Crippen LogP contribution in [0.5, 0.6) is 0 Å². The molecule has 0 fully saturated rings. The average Bonchev–Trinajstić information content (AvgIpc) is 2.58. The number of hydrogen-bond donors (Lipinski definition) is 2. The lowest BCUT2D eigenvalue weighted by Gasteiger charge is -2.06. The van der Waals surface area contributed by atoms with Crippen LogP contribution in [0.2, 0.25) is 0 Å². The zero-order valence-corrected chi connectivity index (χ0v) is 10.9. The second kappa shape index (κ2) is 4.13. The van der Waals surface area contributed by atoms with Crippen molar-refractivity contribution in [3.63, 3.8) is 0 Å². The van der Waals surface area contributed by atoms with Gasteiger partial charge in [0.1, 0.15) is 4.90 Å². The van der Waals surface area contributed by atoms with Gasteiger partial charge in [-0.25, -0.2) is 18.2 Å². The van der Waals surface area contributed by atoms with E-state index in [2.05, 4.69) is 21.0 Å². The molecule has 8 heteroatoms. The Morgan fingerprint density at radius 3 is 2.47 bits per heavy atom. The maximum atomic E-state index is 11.4. The first kappa shape index (κ1) is 12.1. The van der Waals surface area contributed by atoms with Crippen LogP contribution in [-0.4, -0.2) is 18.2 Å². The number of hydrogen-bond acceptors (Lipinski definition) is 4. The molecule has 0 amide bonds. The molecule has 0 aliphatic carbocycles. The molecule has 4 N–H and O–H groups in total. The number of rotatable bonds is 2. The Kier molecular flexibility index (Phi) is 2.94. The molecule has 0 atom stereocenters. The molecular weight excluding hydrogens is 308 g/mol. The van der Waals surface area contributed by atoms with E-state index in [0.717, 1.165) is 0 Å². The fourth-order valence-corrected chi connectivity index (χ4v) is 2.37. The highest BCUT2D eigenvalue weighted by molar-refractivity contribution is 9.10. The number of primary sulfonamides is 1. The Labute approximate surface area is 106 Å². The average molecular weight is 317 g/mol. The lowest BCUT2D eigenvalue weighted by atomic mass is 10.3. The third-order valence-corrected chi connectivity index (χ3v) is 3.68. The predicted octanol–water partition coefficient (Wildman–Crippen LogP) is 0.864. The SMILES string of the molecule is Nc1nn(-c2ccccc2S(N)(=O)=O)cc1Br. The van der Waals surface area contributed by atoms with Crippen molar-refractivity contribution in [3.8, 4) is 5.69 Å². The summed E-state index contributed by atoms with van der Waals surface area (Å²) in [5, 5.41) is 9.11. The standard InChI is InChI=1S/C9H9BrN4O2S/c10-6-5-14(13-9(6)11)7-3-1-2-4-8(7)17(12,15)16/h1-5H,(H2,11,13)(H2,12,15,16). The van der Waals surface area contributed by atoms with E-state index in [1.54, 1.807) is 24.4 Å². The summed E-state index contributed by atoms with van der Waals surface area (Å²) < 4.78 is 24.8. The molecule has 2 rings (SSSR count). The van der Waals surface area contributed by atoms with Gasteiger partial charge < -0.3 is 5.73 Å². The number of nitrogens with zero attached hydrogens (tertiary/aromatic N) is 2. The Hall–Kier alpha value is -1.38. The smallest absolute Gasteiger partial charge is 0.240 e. The summed E-state index contributed by atoms with van der Waals surface area (Å²) in [6, 6.07) is 6.29. The van der Waals surface area contributed by atoms with E-state index >= 15 is 0 Å². The molecule has 1 aromatic heterocycles. The Morgan fingerprint density at radius 1 is 1.29 bits per heavy atom. The molecule has 6 nitrogen and oxygen atoms in total. The van der Waals surface area contributed by atoms with Gasteiger partial charge in [-0.2, -0.15) is 0 Å². The molecule has 0 aliphatic rings. The highest BCUT2D eigenvalue weighted by Crippen LogP contribution is 2.23. The number of benzene rings is 1. The van der Waals surface area contributed by atoms with Crippen LogP contribution in [0.4, 0.5) is 5.82 Å². The summed E-state index contributed by atoms with van der Waals surface area (Å²) in [5.41, 5.74) is 5.93. The maximum absolute atomic E-state index is 11.4. The van der Waals surface area contributed by atoms with Crippen molar-refractivity contribution in [2.24, 2.45) is 5.14 Å². The van der Waals surface area contributed by atoms with Gasteiger partial charge in [0.15, 0.2) is 5.82 Å². The van der Waals surface area contributed by atoms with Gasteiger partial charge in [0.2, 0.25) is 10.0 Å². The van der Waals surface area contributed by atoms with E-state index in [9.17, 15) is 8.42 Å². The molecule has 90 valence electrons. The van der Waals surface area contributed by atoms with Gasteiger partial charge in [0, 0.05) is 6.20 Å². The highest BCUT2D eigenvalue weighted by Gasteiger charge is 2.16. The topological polar surface area (TPSA) is 104 Å². The largest absolute Gasteiger partial charge is 0.381 e. The minimum absolute atomic E-state index is 0.00463. The molecule has 0 saturated carbocycles. The zero-order valence-electron chi connectivity index (χ0n) is 8.54. The minimum atomic E-state index is -3.80. The van der Waals surface area contributed by atoms with Crippen molar-refractivity contribution in [3.05, 3.63) is 34.9 Å². The van der Waals surface area contributed by atoms with Crippen molar-refractivity contribution in [2.45, 2.75) is 4.90 Å². The first-order valence-electron chi connectivity index (χ1n) is 4.52. The van der Waals surface area contributed by atoms with Crippen LogP contribution in [0.15, 0.2) is 39.8 Å². The molecule has 0 saturated heterocycles. The molecule has 0 radical (unpaired) electrons. The number of nitrogens with two attached hydrogens (primary N) is 2. The first-order chi connectivity index (χ1) is 7.89. The molecule has 2 aromatic rings. The van der Waals surface area contributed by atoms with E-state index < -0.39 is 10.0 Å². The van der Waals surface area contributed by atoms with Crippen molar-refractivity contribution < 1.29 is 8.42 Å². The predicted molar refractivity (Wildman–Crippen MR) is 67.0 cm³/mol. The van der Waals surface area contributed by atoms with Crippen molar-refractivity contribution in [2.75, 3.05) is 5.73 Å². The fraction of sp³-hybridized carbons (Fsp3) is 0. The molecule has 17 heavy (non-hydrogen) atoms. The summed E-state index contributed by atoms with van der Waals surface area (Å²) >= 11 is 3.20. The van der Waals surface area contributed by atoms with E-state index in [-0.39, 0.29) is 10.7 Å². The van der Waals surface area contributed by atoms with Crippen LogP contribution in [0, 0.1) is 0 Å². The van der Waals surface area contributed by atoms with Crippen LogP contribution < -0.4 is 10.9 Å².